The number of carbonyl (C=O) groups is 1. The first-order valence-electron chi connectivity index (χ1n) is 8.28. The molecule has 2 aromatic carbocycles. The number of nitrogens with one attached hydrogen (secondary N) is 1. The van der Waals surface area contributed by atoms with Crippen LogP contribution in [0.4, 0.5) is 0 Å². The lowest BCUT2D eigenvalue weighted by Gasteiger charge is -2.25. The highest BCUT2D eigenvalue weighted by Gasteiger charge is 2.26. The Morgan fingerprint density at radius 2 is 2.04 bits per heavy atom. The maximum atomic E-state index is 12.4. The maximum absolute atomic E-state index is 12.4. The Morgan fingerprint density at radius 3 is 2.79 bits per heavy atom. The first-order valence-corrected chi connectivity index (χ1v) is 8.28. The molecule has 1 heterocycles. The van der Waals surface area contributed by atoms with Crippen LogP contribution in [0.1, 0.15) is 16.7 Å². The molecule has 126 valence electrons. The molecule has 1 amide bonds. The highest BCUT2D eigenvalue weighted by molar-refractivity contribution is 5.79. The number of rotatable bonds is 5. The average Bonchev–Trinajstić information content (AvgIpc) is 2.62. The second kappa shape index (κ2) is 7.39. The van der Waals surface area contributed by atoms with Crippen LogP contribution in [0.5, 0.6) is 11.5 Å². The molecule has 0 fully saturated rings. The molecule has 1 aliphatic heterocycles. The molecule has 4 heteroatoms. The van der Waals surface area contributed by atoms with Crippen molar-refractivity contribution < 1.29 is 14.3 Å². The van der Waals surface area contributed by atoms with Gasteiger partial charge in [-0.3, -0.25) is 4.79 Å². The molecule has 0 saturated heterocycles. The molecule has 3 rings (SSSR count). The normalized spacial score (nSPS) is 16.0. The van der Waals surface area contributed by atoms with Crippen LogP contribution in [0.3, 0.4) is 0 Å². The zero-order valence-electron chi connectivity index (χ0n) is 14.2. The fraction of sp³-hybridized carbons (Fsp3) is 0.350. The second-order valence-electron chi connectivity index (χ2n) is 6.21. The lowest BCUT2D eigenvalue weighted by Crippen LogP contribution is -2.38. The molecule has 0 spiro atoms. The molecule has 1 aliphatic rings. The summed E-state index contributed by atoms with van der Waals surface area (Å²) < 4.78 is 11.0. The quantitative estimate of drug-likeness (QED) is 0.919. The standard InChI is InChI=1S/C20H23NO3/c1-14-3-5-15(6-4-14)9-10-21-20(22)17-11-16-12-18(23-2)7-8-19(16)24-13-17/h3-8,12,17H,9-11,13H2,1-2H3,(H,21,22). The van der Waals surface area contributed by atoms with E-state index in [1.165, 1.54) is 11.1 Å². The highest BCUT2D eigenvalue weighted by Crippen LogP contribution is 2.30. The largest absolute Gasteiger partial charge is 0.497 e. The Kier molecular flexibility index (Phi) is 5.04. The predicted molar refractivity (Wildman–Crippen MR) is 93.6 cm³/mol. The van der Waals surface area contributed by atoms with Crippen LogP contribution in [0, 0.1) is 12.8 Å². The minimum absolute atomic E-state index is 0.0515. The van der Waals surface area contributed by atoms with Crippen LogP contribution >= 0.6 is 0 Å². The summed E-state index contributed by atoms with van der Waals surface area (Å²) in [6.45, 7) is 3.14. The van der Waals surface area contributed by atoms with Crippen molar-refractivity contribution in [1.29, 1.82) is 0 Å². The summed E-state index contributed by atoms with van der Waals surface area (Å²) in [6, 6.07) is 14.1. The number of benzene rings is 2. The van der Waals surface area contributed by atoms with E-state index in [0.29, 0.717) is 19.6 Å². The summed E-state index contributed by atoms with van der Waals surface area (Å²) in [4.78, 5) is 12.4. The fourth-order valence-corrected chi connectivity index (χ4v) is 2.90. The second-order valence-corrected chi connectivity index (χ2v) is 6.21. The SMILES string of the molecule is COc1ccc2c(c1)CC(C(=O)NCCc1ccc(C)cc1)CO2. The Balaban J connectivity index is 1.53. The van der Waals surface area contributed by atoms with E-state index in [1.54, 1.807) is 7.11 Å². The third-order valence-corrected chi connectivity index (χ3v) is 4.38. The monoisotopic (exact) mass is 325 g/mol. The highest BCUT2D eigenvalue weighted by atomic mass is 16.5. The third-order valence-electron chi connectivity index (χ3n) is 4.38. The van der Waals surface area contributed by atoms with Crippen molar-refractivity contribution in [2.75, 3.05) is 20.3 Å². The van der Waals surface area contributed by atoms with Crippen LogP contribution in [0.2, 0.25) is 0 Å². The van der Waals surface area contributed by atoms with Gasteiger partial charge in [-0.25, -0.2) is 0 Å². The van der Waals surface area contributed by atoms with E-state index in [-0.39, 0.29) is 11.8 Å². The van der Waals surface area contributed by atoms with Gasteiger partial charge in [0.1, 0.15) is 18.1 Å². The minimum atomic E-state index is -0.150. The number of ether oxygens (including phenoxy) is 2. The molecule has 0 aliphatic carbocycles. The number of fused-ring (bicyclic) bond motifs is 1. The van der Waals surface area contributed by atoms with Crippen molar-refractivity contribution >= 4 is 5.91 Å². The number of methoxy groups -OCH3 is 1. The maximum Gasteiger partial charge on any atom is 0.226 e. The van der Waals surface area contributed by atoms with Gasteiger partial charge in [-0.05, 0) is 49.1 Å². The van der Waals surface area contributed by atoms with Gasteiger partial charge in [0.2, 0.25) is 5.91 Å². The summed E-state index contributed by atoms with van der Waals surface area (Å²) in [7, 11) is 1.64. The average molecular weight is 325 g/mol. The van der Waals surface area contributed by atoms with Crippen LogP contribution in [-0.2, 0) is 17.6 Å². The molecular formula is C20H23NO3. The Bertz CT molecular complexity index is 709. The van der Waals surface area contributed by atoms with Gasteiger partial charge >= 0.3 is 0 Å². The number of hydrogen-bond donors (Lipinski definition) is 1. The molecule has 1 unspecified atom stereocenters. The molecule has 0 aromatic heterocycles. The third kappa shape index (κ3) is 3.88. The fourth-order valence-electron chi connectivity index (χ4n) is 2.90. The lowest BCUT2D eigenvalue weighted by molar-refractivity contribution is -0.126. The smallest absolute Gasteiger partial charge is 0.226 e. The van der Waals surface area contributed by atoms with Gasteiger partial charge in [0.05, 0.1) is 13.0 Å². The topological polar surface area (TPSA) is 47.6 Å². The number of hydrogen-bond acceptors (Lipinski definition) is 3. The van der Waals surface area contributed by atoms with E-state index in [1.807, 2.05) is 18.2 Å². The first kappa shape index (κ1) is 16.4. The van der Waals surface area contributed by atoms with Gasteiger partial charge in [-0.2, -0.15) is 0 Å². The van der Waals surface area contributed by atoms with Crippen LogP contribution in [0.25, 0.3) is 0 Å². The number of aryl methyl sites for hydroxylation is 1. The van der Waals surface area contributed by atoms with E-state index in [9.17, 15) is 4.79 Å². The predicted octanol–water partition coefficient (Wildman–Crippen LogP) is 2.91. The van der Waals surface area contributed by atoms with Crippen LogP contribution in [-0.4, -0.2) is 26.2 Å². The van der Waals surface area contributed by atoms with Gasteiger partial charge in [0.25, 0.3) is 0 Å². The molecule has 0 bridgehead atoms. The van der Waals surface area contributed by atoms with Crippen molar-refractivity contribution in [2.45, 2.75) is 19.8 Å². The zero-order valence-corrected chi connectivity index (χ0v) is 14.2. The number of amides is 1. The Hall–Kier alpha value is -2.49. The molecule has 1 N–H and O–H groups in total. The molecule has 1 atom stereocenters. The van der Waals surface area contributed by atoms with E-state index >= 15 is 0 Å². The zero-order chi connectivity index (χ0) is 16.9. The summed E-state index contributed by atoms with van der Waals surface area (Å²) in [6.07, 6.45) is 1.52. The molecule has 0 saturated carbocycles. The van der Waals surface area contributed by atoms with Crippen LogP contribution in [0.15, 0.2) is 42.5 Å². The minimum Gasteiger partial charge on any atom is -0.497 e. The summed E-state index contributed by atoms with van der Waals surface area (Å²) >= 11 is 0. The molecule has 2 aromatic rings. The van der Waals surface area contributed by atoms with Gasteiger partial charge in [-0.1, -0.05) is 29.8 Å². The van der Waals surface area contributed by atoms with Gasteiger partial charge < -0.3 is 14.8 Å². The van der Waals surface area contributed by atoms with Crippen molar-refractivity contribution in [3.63, 3.8) is 0 Å². The number of carbonyl (C=O) groups excluding carboxylic acids is 1. The van der Waals surface area contributed by atoms with Crippen molar-refractivity contribution in [2.24, 2.45) is 5.92 Å². The van der Waals surface area contributed by atoms with Gasteiger partial charge in [0, 0.05) is 6.54 Å². The van der Waals surface area contributed by atoms with E-state index < -0.39 is 0 Å². The van der Waals surface area contributed by atoms with E-state index in [0.717, 1.165) is 23.5 Å². The Labute approximate surface area is 142 Å². The van der Waals surface area contributed by atoms with Crippen molar-refractivity contribution in [3.8, 4) is 11.5 Å². The molecular weight excluding hydrogens is 302 g/mol. The molecule has 0 radical (unpaired) electrons. The van der Waals surface area contributed by atoms with Crippen LogP contribution < -0.4 is 14.8 Å². The lowest BCUT2D eigenvalue weighted by atomic mass is 9.95. The van der Waals surface area contributed by atoms with Crippen molar-refractivity contribution in [1.82, 2.24) is 5.32 Å². The summed E-state index contributed by atoms with van der Waals surface area (Å²) in [5, 5.41) is 3.02. The van der Waals surface area contributed by atoms with Gasteiger partial charge in [0.15, 0.2) is 0 Å². The van der Waals surface area contributed by atoms with Crippen molar-refractivity contribution in [3.05, 3.63) is 59.2 Å². The Morgan fingerprint density at radius 1 is 1.25 bits per heavy atom. The van der Waals surface area contributed by atoms with E-state index in [4.69, 9.17) is 9.47 Å². The molecule has 24 heavy (non-hydrogen) atoms. The molecule has 4 nitrogen and oxygen atoms in total. The summed E-state index contributed by atoms with van der Waals surface area (Å²) in [5.41, 5.74) is 3.51. The summed E-state index contributed by atoms with van der Waals surface area (Å²) in [5.74, 6) is 1.54. The van der Waals surface area contributed by atoms with Gasteiger partial charge in [-0.15, -0.1) is 0 Å². The van der Waals surface area contributed by atoms with E-state index in [2.05, 4.69) is 36.5 Å². The first-order chi connectivity index (χ1) is 11.7.